The third-order valence-corrected chi connectivity index (χ3v) is 6.16. The molecular weight excluding hydrogens is 410 g/mol. The summed E-state index contributed by atoms with van der Waals surface area (Å²) < 4.78 is 16.9. The second-order valence-electron chi connectivity index (χ2n) is 7.96. The van der Waals surface area contributed by atoms with Crippen LogP contribution in [-0.2, 0) is 4.74 Å². The van der Waals surface area contributed by atoms with Crippen LogP contribution >= 0.6 is 0 Å². The number of carbonyl (C=O) groups is 1. The number of benzene rings is 1. The summed E-state index contributed by atoms with van der Waals surface area (Å²) in [6, 6.07) is 7.98. The molecule has 2 aliphatic rings. The van der Waals surface area contributed by atoms with Crippen molar-refractivity contribution in [3.8, 4) is 5.75 Å². The highest BCUT2D eigenvalue weighted by Crippen LogP contribution is 2.33. The lowest BCUT2D eigenvalue weighted by atomic mass is 10.1. The number of carbonyl (C=O) groups excluding carboxylic acids is 1. The predicted molar refractivity (Wildman–Crippen MR) is 121 cm³/mol. The minimum Gasteiger partial charge on any atom is -0.495 e. The molecule has 2 saturated heterocycles. The van der Waals surface area contributed by atoms with Crippen LogP contribution in [0.2, 0.25) is 0 Å². The first kappa shape index (κ1) is 20.6. The SMILES string of the molecule is COc1ccccc1N1CCN(C(=O)c2c(C)oc3ncnc(N4CCOCC4)c23)CC1. The summed E-state index contributed by atoms with van der Waals surface area (Å²) in [6.07, 6.45) is 1.50. The van der Waals surface area contributed by atoms with Gasteiger partial charge >= 0.3 is 0 Å². The Labute approximate surface area is 186 Å². The number of fused-ring (bicyclic) bond motifs is 1. The summed E-state index contributed by atoms with van der Waals surface area (Å²) in [5.41, 5.74) is 2.07. The highest BCUT2D eigenvalue weighted by Gasteiger charge is 2.30. The molecule has 0 aliphatic carbocycles. The number of nitrogens with zero attached hydrogens (tertiary/aromatic N) is 5. The van der Waals surface area contributed by atoms with Crippen LogP contribution in [0.1, 0.15) is 16.1 Å². The van der Waals surface area contributed by atoms with E-state index in [0.717, 1.165) is 43.4 Å². The molecule has 32 heavy (non-hydrogen) atoms. The number of hydrogen-bond acceptors (Lipinski definition) is 8. The molecule has 2 fully saturated rings. The zero-order valence-electron chi connectivity index (χ0n) is 18.4. The highest BCUT2D eigenvalue weighted by molar-refractivity contribution is 6.10. The molecule has 1 aromatic carbocycles. The zero-order valence-corrected chi connectivity index (χ0v) is 18.4. The number of aromatic nitrogens is 2. The number of aryl methyl sites for hydroxylation is 1. The van der Waals surface area contributed by atoms with E-state index >= 15 is 0 Å². The van der Waals surface area contributed by atoms with Crippen LogP contribution < -0.4 is 14.5 Å². The van der Waals surface area contributed by atoms with Gasteiger partial charge in [0.1, 0.15) is 23.7 Å². The summed E-state index contributed by atoms with van der Waals surface area (Å²) in [6.45, 7) is 7.23. The van der Waals surface area contributed by atoms with Crippen LogP contribution in [0.5, 0.6) is 5.75 Å². The minimum atomic E-state index is -0.0368. The standard InChI is InChI=1S/C23H27N5O4/c1-16-19(20-21(24-15-25-22(20)32-16)27-11-13-31-14-12-27)23(29)28-9-7-26(8-10-28)17-5-3-4-6-18(17)30-2/h3-6,15H,7-14H2,1-2H3. The van der Waals surface area contributed by atoms with Crippen LogP contribution in [0.4, 0.5) is 11.5 Å². The largest absolute Gasteiger partial charge is 0.495 e. The molecule has 0 spiro atoms. The Morgan fingerprint density at radius 2 is 1.75 bits per heavy atom. The van der Waals surface area contributed by atoms with E-state index in [2.05, 4.69) is 25.8 Å². The van der Waals surface area contributed by atoms with E-state index in [9.17, 15) is 4.79 Å². The van der Waals surface area contributed by atoms with Crippen molar-refractivity contribution in [2.75, 3.05) is 69.4 Å². The van der Waals surface area contributed by atoms with Crippen LogP contribution in [-0.4, -0.2) is 80.4 Å². The van der Waals surface area contributed by atoms with Gasteiger partial charge in [-0.1, -0.05) is 12.1 Å². The van der Waals surface area contributed by atoms with E-state index in [1.807, 2.05) is 30.0 Å². The van der Waals surface area contributed by atoms with E-state index in [-0.39, 0.29) is 5.91 Å². The first-order valence-corrected chi connectivity index (χ1v) is 10.9. The molecule has 0 saturated carbocycles. The van der Waals surface area contributed by atoms with Crippen molar-refractivity contribution in [2.24, 2.45) is 0 Å². The van der Waals surface area contributed by atoms with Crippen LogP contribution in [0.25, 0.3) is 11.1 Å². The normalized spacial score (nSPS) is 17.1. The summed E-state index contributed by atoms with van der Waals surface area (Å²) in [7, 11) is 1.68. The maximum Gasteiger partial charge on any atom is 0.258 e. The summed E-state index contributed by atoms with van der Waals surface area (Å²) in [5.74, 6) is 2.12. The summed E-state index contributed by atoms with van der Waals surface area (Å²) in [4.78, 5) is 28.7. The lowest BCUT2D eigenvalue weighted by Crippen LogP contribution is -2.49. The first-order valence-electron chi connectivity index (χ1n) is 10.9. The monoisotopic (exact) mass is 437 g/mol. The van der Waals surface area contributed by atoms with Crippen molar-refractivity contribution in [3.63, 3.8) is 0 Å². The summed E-state index contributed by atoms with van der Waals surface area (Å²) >= 11 is 0. The van der Waals surface area contributed by atoms with Gasteiger partial charge in [0.05, 0.1) is 37.0 Å². The number of amides is 1. The molecule has 9 heteroatoms. The maximum absolute atomic E-state index is 13.6. The van der Waals surface area contributed by atoms with Crippen molar-refractivity contribution in [1.29, 1.82) is 0 Å². The van der Waals surface area contributed by atoms with Gasteiger partial charge in [-0.05, 0) is 19.1 Å². The third-order valence-electron chi connectivity index (χ3n) is 6.16. The molecule has 2 aliphatic heterocycles. The lowest BCUT2D eigenvalue weighted by molar-refractivity contribution is 0.0746. The van der Waals surface area contributed by atoms with Crippen molar-refractivity contribution in [1.82, 2.24) is 14.9 Å². The molecule has 0 radical (unpaired) electrons. The van der Waals surface area contributed by atoms with Gasteiger partial charge < -0.3 is 28.6 Å². The highest BCUT2D eigenvalue weighted by atomic mass is 16.5. The van der Waals surface area contributed by atoms with E-state index in [0.29, 0.717) is 48.7 Å². The molecule has 0 unspecified atom stereocenters. The Kier molecular flexibility index (Phi) is 5.57. The molecule has 2 aromatic heterocycles. The van der Waals surface area contributed by atoms with Gasteiger partial charge in [-0.25, -0.2) is 9.97 Å². The second-order valence-corrected chi connectivity index (χ2v) is 7.96. The average Bonchev–Trinajstić information content (AvgIpc) is 3.20. The second kappa shape index (κ2) is 8.66. The number of rotatable bonds is 4. The Morgan fingerprint density at radius 1 is 1.00 bits per heavy atom. The fourth-order valence-electron chi connectivity index (χ4n) is 4.50. The number of ether oxygens (including phenoxy) is 2. The molecule has 3 aromatic rings. The zero-order chi connectivity index (χ0) is 22.1. The fourth-order valence-corrected chi connectivity index (χ4v) is 4.50. The van der Waals surface area contributed by atoms with Gasteiger partial charge in [0.2, 0.25) is 5.71 Å². The van der Waals surface area contributed by atoms with Gasteiger partial charge in [0, 0.05) is 39.3 Å². The number of piperazine rings is 1. The molecule has 168 valence electrons. The van der Waals surface area contributed by atoms with Crippen molar-refractivity contribution < 1.29 is 18.7 Å². The third kappa shape index (κ3) is 3.62. The van der Waals surface area contributed by atoms with Crippen molar-refractivity contribution in [3.05, 3.63) is 41.9 Å². The molecular formula is C23H27N5O4. The van der Waals surface area contributed by atoms with Gasteiger partial charge in [0.15, 0.2) is 0 Å². The quantitative estimate of drug-likeness (QED) is 0.615. The topological polar surface area (TPSA) is 84.2 Å². The van der Waals surface area contributed by atoms with Crippen LogP contribution in [0, 0.1) is 6.92 Å². The Bertz CT molecular complexity index is 1120. The van der Waals surface area contributed by atoms with Crippen LogP contribution in [0.3, 0.4) is 0 Å². The fraction of sp³-hybridized carbons (Fsp3) is 0.435. The lowest BCUT2D eigenvalue weighted by Gasteiger charge is -2.36. The number of methoxy groups -OCH3 is 1. The average molecular weight is 438 g/mol. The van der Waals surface area contributed by atoms with Crippen LogP contribution in [0.15, 0.2) is 35.0 Å². The molecule has 5 rings (SSSR count). The number of para-hydroxylation sites is 2. The van der Waals surface area contributed by atoms with Gasteiger partial charge in [-0.2, -0.15) is 0 Å². The van der Waals surface area contributed by atoms with Gasteiger partial charge in [-0.15, -0.1) is 0 Å². The predicted octanol–water partition coefficient (Wildman–Crippen LogP) is 2.34. The van der Waals surface area contributed by atoms with E-state index in [1.54, 1.807) is 7.11 Å². The Hall–Kier alpha value is -3.33. The number of hydrogen-bond donors (Lipinski definition) is 0. The van der Waals surface area contributed by atoms with E-state index in [1.165, 1.54) is 6.33 Å². The number of morpholine rings is 1. The van der Waals surface area contributed by atoms with E-state index < -0.39 is 0 Å². The smallest absolute Gasteiger partial charge is 0.258 e. The minimum absolute atomic E-state index is 0.0368. The first-order chi connectivity index (χ1) is 15.7. The Morgan fingerprint density at radius 3 is 2.50 bits per heavy atom. The molecule has 0 atom stereocenters. The Balaban J connectivity index is 1.40. The molecule has 4 heterocycles. The molecule has 0 N–H and O–H groups in total. The summed E-state index contributed by atoms with van der Waals surface area (Å²) in [5, 5.41) is 0.698. The van der Waals surface area contributed by atoms with E-state index in [4.69, 9.17) is 13.9 Å². The number of furan rings is 1. The van der Waals surface area contributed by atoms with Gasteiger partial charge in [-0.3, -0.25) is 4.79 Å². The van der Waals surface area contributed by atoms with Crippen molar-refractivity contribution >= 4 is 28.5 Å². The molecule has 9 nitrogen and oxygen atoms in total. The molecule has 0 bridgehead atoms. The molecule has 1 amide bonds. The van der Waals surface area contributed by atoms with Gasteiger partial charge in [0.25, 0.3) is 5.91 Å². The maximum atomic E-state index is 13.6. The number of anilines is 2. The van der Waals surface area contributed by atoms with Crippen molar-refractivity contribution in [2.45, 2.75) is 6.92 Å².